The zero-order valence-corrected chi connectivity index (χ0v) is 10.9. The Morgan fingerprint density at radius 1 is 1.47 bits per heavy atom. The Hall–Kier alpha value is -0.640. The first kappa shape index (κ1) is 12.8. The number of hydrogen-bond donors (Lipinski definition) is 1. The van der Waals surface area contributed by atoms with Gasteiger partial charge in [0, 0.05) is 18.6 Å². The Bertz CT molecular complexity index is 411. The van der Waals surface area contributed by atoms with E-state index < -0.39 is 9.84 Å². The lowest BCUT2D eigenvalue weighted by Gasteiger charge is -2.25. The number of nitriles is 1. The van der Waals surface area contributed by atoms with Gasteiger partial charge in [-0.2, -0.15) is 5.26 Å². The van der Waals surface area contributed by atoms with Crippen LogP contribution in [-0.4, -0.2) is 56.5 Å². The summed E-state index contributed by atoms with van der Waals surface area (Å²) in [6.45, 7) is 0.604. The number of nitrogens with one attached hydrogen (secondary N) is 1. The van der Waals surface area contributed by atoms with Crippen LogP contribution >= 0.6 is 0 Å². The zero-order chi connectivity index (χ0) is 12.5. The molecule has 17 heavy (non-hydrogen) atoms. The second-order valence-corrected chi connectivity index (χ2v) is 7.35. The van der Waals surface area contributed by atoms with E-state index in [-0.39, 0.29) is 23.6 Å². The Labute approximate surface area is 103 Å². The minimum absolute atomic E-state index is 0.0804. The van der Waals surface area contributed by atoms with Crippen LogP contribution in [0.3, 0.4) is 0 Å². The Kier molecular flexibility index (Phi) is 3.71. The molecule has 2 aliphatic rings. The molecular weight excluding hydrogens is 238 g/mol. The number of hydrogen-bond acceptors (Lipinski definition) is 5. The highest BCUT2D eigenvalue weighted by molar-refractivity contribution is 7.91. The average molecular weight is 257 g/mol. The molecule has 96 valence electrons. The van der Waals surface area contributed by atoms with Crippen molar-refractivity contribution in [1.82, 2.24) is 10.2 Å². The first-order chi connectivity index (χ1) is 8.00. The van der Waals surface area contributed by atoms with Gasteiger partial charge < -0.3 is 0 Å². The molecule has 2 atom stereocenters. The third-order valence-corrected chi connectivity index (χ3v) is 5.22. The summed E-state index contributed by atoms with van der Waals surface area (Å²) in [7, 11) is -0.932. The monoisotopic (exact) mass is 257 g/mol. The Morgan fingerprint density at radius 3 is 2.65 bits per heavy atom. The van der Waals surface area contributed by atoms with Crippen molar-refractivity contribution < 1.29 is 8.42 Å². The normalized spacial score (nSPS) is 29.1. The largest absolute Gasteiger partial charge is 0.300 e. The molecule has 1 aliphatic heterocycles. The van der Waals surface area contributed by atoms with Crippen LogP contribution in [0, 0.1) is 11.3 Å². The van der Waals surface area contributed by atoms with Gasteiger partial charge in [-0.1, -0.05) is 0 Å². The van der Waals surface area contributed by atoms with Gasteiger partial charge in [-0.15, -0.1) is 0 Å². The molecule has 0 aromatic rings. The third kappa shape index (κ3) is 3.66. The molecule has 0 bridgehead atoms. The topological polar surface area (TPSA) is 73.2 Å². The van der Waals surface area contributed by atoms with Gasteiger partial charge in [-0.3, -0.25) is 10.2 Å². The predicted molar refractivity (Wildman–Crippen MR) is 65.2 cm³/mol. The molecule has 0 amide bonds. The summed E-state index contributed by atoms with van der Waals surface area (Å²) in [6, 6.07) is 2.64. The second-order valence-electron chi connectivity index (χ2n) is 5.12. The first-order valence-electron chi connectivity index (χ1n) is 6.06. The van der Waals surface area contributed by atoms with Crippen molar-refractivity contribution in [1.29, 1.82) is 5.26 Å². The molecule has 1 saturated heterocycles. The highest BCUT2D eigenvalue weighted by Gasteiger charge is 2.32. The summed E-state index contributed by atoms with van der Waals surface area (Å²) < 4.78 is 22.8. The predicted octanol–water partition coefficient (Wildman–Crippen LogP) is -0.251. The lowest BCUT2D eigenvalue weighted by Crippen LogP contribution is -2.44. The maximum atomic E-state index is 11.4. The molecule has 6 heteroatoms. The smallest absolute Gasteiger partial charge is 0.151 e. The SMILES string of the molecule is CN(CC(C#N)NC1CC1)C1CCS(=O)(=O)C1. The number of likely N-dealkylation sites (N-methyl/N-ethyl adjacent to an activating group) is 1. The summed E-state index contributed by atoms with van der Waals surface area (Å²) in [4.78, 5) is 2.01. The van der Waals surface area contributed by atoms with Crippen LogP contribution in [0.25, 0.3) is 0 Å². The molecule has 2 unspecified atom stereocenters. The molecule has 1 N–H and O–H groups in total. The van der Waals surface area contributed by atoms with Gasteiger partial charge in [0.15, 0.2) is 9.84 Å². The van der Waals surface area contributed by atoms with Crippen molar-refractivity contribution in [2.75, 3.05) is 25.1 Å². The van der Waals surface area contributed by atoms with E-state index in [1.54, 1.807) is 0 Å². The zero-order valence-electron chi connectivity index (χ0n) is 10.1. The molecule has 2 rings (SSSR count). The maximum absolute atomic E-state index is 11.4. The fourth-order valence-corrected chi connectivity index (χ4v) is 4.03. The van der Waals surface area contributed by atoms with Gasteiger partial charge in [0.2, 0.25) is 0 Å². The van der Waals surface area contributed by atoms with Crippen LogP contribution in [0.15, 0.2) is 0 Å². The molecule has 1 aliphatic carbocycles. The van der Waals surface area contributed by atoms with E-state index in [9.17, 15) is 8.42 Å². The van der Waals surface area contributed by atoms with Gasteiger partial charge in [-0.05, 0) is 26.3 Å². The summed E-state index contributed by atoms with van der Waals surface area (Å²) >= 11 is 0. The van der Waals surface area contributed by atoms with Crippen LogP contribution in [0.2, 0.25) is 0 Å². The van der Waals surface area contributed by atoms with E-state index in [2.05, 4.69) is 11.4 Å². The van der Waals surface area contributed by atoms with Crippen molar-refractivity contribution in [3.63, 3.8) is 0 Å². The van der Waals surface area contributed by atoms with E-state index in [0.717, 1.165) is 12.8 Å². The lowest BCUT2D eigenvalue weighted by molar-refractivity contribution is 0.246. The second kappa shape index (κ2) is 4.92. The minimum atomic E-state index is -2.84. The van der Waals surface area contributed by atoms with Crippen LogP contribution in [0.5, 0.6) is 0 Å². The minimum Gasteiger partial charge on any atom is -0.300 e. The van der Waals surface area contributed by atoms with Crippen LogP contribution < -0.4 is 5.32 Å². The first-order valence-corrected chi connectivity index (χ1v) is 7.88. The van der Waals surface area contributed by atoms with Crippen molar-refractivity contribution >= 4 is 9.84 Å². The summed E-state index contributed by atoms with van der Waals surface area (Å²) in [6.07, 6.45) is 3.00. The van der Waals surface area contributed by atoms with Gasteiger partial charge in [0.25, 0.3) is 0 Å². The van der Waals surface area contributed by atoms with E-state index >= 15 is 0 Å². The maximum Gasteiger partial charge on any atom is 0.151 e. The van der Waals surface area contributed by atoms with Crippen molar-refractivity contribution in [2.45, 2.75) is 37.4 Å². The molecule has 0 spiro atoms. The molecular formula is C11H19N3O2S. The molecule has 0 aromatic carbocycles. The highest BCUT2D eigenvalue weighted by Crippen LogP contribution is 2.20. The Balaban J connectivity index is 1.83. The number of sulfone groups is 1. The van der Waals surface area contributed by atoms with E-state index in [4.69, 9.17) is 5.26 Å². The van der Waals surface area contributed by atoms with Crippen molar-refractivity contribution in [2.24, 2.45) is 0 Å². The van der Waals surface area contributed by atoms with Crippen LogP contribution in [0.4, 0.5) is 0 Å². The van der Waals surface area contributed by atoms with Crippen LogP contribution in [-0.2, 0) is 9.84 Å². The number of rotatable bonds is 5. The molecule has 5 nitrogen and oxygen atoms in total. The van der Waals surface area contributed by atoms with Gasteiger partial charge in [0.05, 0.1) is 17.6 Å². The third-order valence-electron chi connectivity index (χ3n) is 3.47. The fraction of sp³-hybridized carbons (Fsp3) is 0.909. The summed E-state index contributed by atoms with van der Waals surface area (Å²) in [5.74, 6) is 0.528. The molecule has 1 heterocycles. The van der Waals surface area contributed by atoms with Gasteiger partial charge in [0.1, 0.15) is 6.04 Å². The van der Waals surface area contributed by atoms with E-state index in [0.29, 0.717) is 19.0 Å². The standard InChI is InChI=1S/C11H19N3O2S/c1-14(11-4-5-17(15,16)8-11)7-10(6-12)13-9-2-3-9/h9-11,13H,2-5,7-8H2,1H3. The fourth-order valence-electron chi connectivity index (χ4n) is 2.23. The van der Waals surface area contributed by atoms with E-state index in [1.165, 1.54) is 0 Å². The van der Waals surface area contributed by atoms with Gasteiger partial charge >= 0.3 is 0 Å². The molecule has 0 radical (unpaired) electrons. The average Bonchev–Trinajstić information content (AvgIpc) is 3.00. The quantitative estimate of drug-likeness (QED) is 0.735. The van der Waals surface area contributed by atoms with E-state index in [1.807, 2.05) is 11.9 Å². The van der Waals surface area contributed by atoms with Crippen molar-refractivity contribution in [3.8, 4) is 6.07 Å². The molecule has 2 fully saturated rings. The number of nitrogens with zero attached hydrogens (tertiary/aromatic N) is 2. The summed E-state index contributed by atoms with van der Waals surface area (Å²) in [5, 5.41) is 12.3. The van der Waals surface area contributed by atoms with Crippen molar-refractivity contribution in [3.05, 3.63) is 0 Å². The molecule has 1 saturated carbocycles. The lowest BCUT2D eigenvalue weighted by atomic mass is 10.2. The Morgan fingerprint density at radius 2 is 2.18 bits per heavy atom. The summed E-state index contributed by atoms with van der Waals surface area (Å²) in [5.41, 5.74) is 0. The molecule has 0 aromatic heterocycles. The highest BCUT2D eigenvalue weighted by atomic mass is 32.2. The van der Waals surface area contributed by atoms with Gasteiger partial charge in [-0.25, -0.2) is 8.42 Å². The van der Waals surface area contributed by atoms with Crippen LogP contribution in [0.1, 0.15) is 19.3 Å².